The highest BCUT2D eigenvalue weighted by molar-refractivity contribution is 6.41. The molecule has 0 saturated carbocycles. The van der Waals surface area contributed by atoms with Crippen LogP contribution in [0.25, 0.3) is 0 Å². The molecule has 1 heterocycles. The molecule has 0 aliphatic carbocycles. The molecule has 0 aliphatic rings. The Hall–Kier alpha value is -0.540. The van der Waals surface area contributed by atoms with Gasteiger partial charge >= 0.3 is 0 Å². The van der Waals surface area contributed by atoms with Gasteiger partial charge in [-0.2, -0.15) is 5.10 Å². The first-order chi connectivity index (χ1) is 9.16. The number of aromatic nitrogens is 2. The highest BCUT2D eigenvalue weighted by atomic mass is 35.5. The van der Waals surface area contributed by atoms with Crippen molar-refractivity contribution in [1.29, 1.82) is 0 Å². The molecule has 1 rings (SSSR count). The van der Waals surface area contributed by atoms with Crippen LogP contribution in [0, 0.1) is 0 Å². The van der Waals surface area contributed by atoms with Crippen molar-refractivity contribution in [2.75, 3.05) is 0 Å². The van der Waals surface area contributed by atoms with Gasteiger partial charge in [0.2, 0.25) is 0 Å². The van der Waals surface area contributed by atoms with E-state index in [9.17, 15) is 4.79 Å². The van der Waals surface area contributed by atoms with Crippen molar-refractivity contribution in [2.45, 2.75) is 64.8 Å². The van der Waals surface area contributed by atoms with Crippen LogP contribution in [-0.2, 0) is 6.54 Å². The summed E-state index contributed by atoms with van der Waals surface area (Å²) in [6.07, 6.45) is 11.3. The molecule has 0 aliphatic heterocycles. The third-order valence-electron chi connectivity index (χ3n) is 3.17. The van der Waals surface area contributed by atoms with Crippen molar-refractivity contribution in [3.8, 4) is 0 Å². The fourth-order valence-electron chi connectivity index (χ4n) is 2.00. The molecule has 0 saturated heterocycles. The molecule has 0 aromatic carbocycles. The Bertz CT molecular complexity index is 432. The minimum Gasteiger partial charge on any atom is -0.266 e. The van der Waals surface area contributed by atoms with Crippen LogP contribution < -0.4 is 5.56 Å². The van der Waals surface area contributed by atoms with E-state index in [1.54, 1.807) is 0 Å². The van der Waals surface area contributed by atoms with Gasteiger partial charge in [0, 0.05) is 6.54 Å². The fraction of sp³-hybridized carbons (Fsp3) is 0.714. The van der Waals surface area contributed by atoms with Gasteiger partial charge in [0.05, 0.1) is 11.2 Å². The second kappa shape index (κ2) is 9.38. The Labute approximate surface area is 124 Å². The van der Waals surface area contributed by atoms with E-state index in [1.165, 1.54) is 49.4 Å². The molecule has 0 spiro atoms. The zero-order valence-corrected chi connectivity index (χ0v) is 13.0. The summed E-state index contributed by atoms with van der Waals surface area (Å²) in [6.45, 7) is 2.84. The van der Waals surface area contributed by atoms with Crippen LogP contribution in [0.4, 0.5) is 0 Å². The van der Waals surface area contributed by atoms with Crippen molar-refractivity contribution in [3.63, 3.8) is 0 Å². The summed E-state index contributed by atoms with van der Waals surface area (Å²) in [6, 6.07) is 0. The summed E-state index contributed by atoms with van der Waals surface area (Å²) < 4.78 is 1.39. The maximum atomic E-state index is 11.7. The van der Waals surface area contributed by atoms with E-state index in [4.69, 9.17) is 23.2 Å². The number of hydrogen-bond donors (Lipinski definition) is 0. The van der Waals surface area contributed by atoms with Crippen molar-refractivity contribution >= 4 is 23.2 Å². The van der Waals surface area contributed by atoms with E-state index < -0.39 is 0 Å². The predicted octanol–water partition coefficient (Wildman–Crippen LogP) is 4.69. The molecule has 0 bridgehead atoms. The molecular weight excluding hydrogens is 283 g/mol. The van der Waals surface area contributed by atoms with Crippen LogP contribution in [-0.4, -0.2) is 9.78 Å². The maximum Gasteiger partial charge on any atom is 0.287 e. The molecule has 108 valence electrons. The van der Waals surface area contributed by atoms with Gasteiger partial charge < -0.3 is 0 Å². The Balaban J connectivity index is 2.20. The summed E-state index contributed by atoms with van der Waals surface area (Å²) in [5, 5.41) is 4.27. The van der Waals surface area contributed by atoms with Crippen LogP contribution in [0.2, 0.25) is 10.0 Å². The molecule has 1 aromatic rings. The number of nitrogens with zero attached hydrogens (tertiary/aromatic N) is 2. The molecular formula is C14H22Cl2N2O. The Morgan fingerprint density at radius 3 is 2.26 bits per heavy atom. The van der Waals surface area contributed by atoms with E-state index in [0.717, 1.165) is 12.8 Å². The van der Waals surface area contributed by atoms with E-state index in [1.807, 2.05) is 0 Å². The van der Waals surface area contributed by atoms with Gasteiger partial charge in [-0.05, 0) is 6.42 Å². The topological polar surface area (TPSA) is 34.9 Å². The lowest BCUT2D eigenvalue weighted by Gasteiger charge is -2.05. The first-order valence-electron chi connectivity index (χ1n) is 7.08. The average molecular weight is 305 g/mol. The van der Waals surface area contributed by atoms with Gasteiger partial charge in [0.15, 0.2) is 0 Å². The highest BCUT2D eigenvalue weighted by Gasteiger charge is 2.06. The number of unbranched alkanes of at least 4 members (excludes halogenated alkanes) is 7. The van der Waals surface area contributed by atoms with Crippen molar-refractivity contribution in [2.24, 2.45) is 0 Å². The van der Waals surface area contributed by atoms with Crippen LogP contribution in [0.1, 0.15) is 58.3 Å². The van der Waals surface area contributed by atoms with Gasteiger partial charge in [0.1, 0.15) is 5.02 Å². The summed E-state index contributed by atoms with van der Waals surface area (Å²) in [5.74, 6) is 0. The molecule has 0 amide bonds. The molecule has 0 atom stereocenters. The molecule has 0 unspecified atom stereocenters. The molecule has 0 fully saturated rings. The van der Waals surface area contributed by atoms with Crippen molar-refractivity contribution in [3.05, 3.63) is 26.6 Å². The number of halogens is 2. The van der Waals surface area contributed by atoms with E-state index in [0.29, 0.717) is 6.54 Å². The number of aryl methyl sites for hydroxylation is 1. The van der Waals surface area contributed by atoms with Crippen LogP contribution in [0.15, 0.2) is 11.0 Å². The third kappa shape index (κ3) is 5.96. The number of hydrogen-bond acceptors (Lipinski definition) is 2. The summed E-state index contributed by atoms with van der Waals surface area (Å²) in [4.78, 5) is 11.7. The zero-order chi connectivity index (χ0) is 14.1. The maximum absolute atomic E-state index is 11.7. The Morgan fingerprint density at radius 1 is 1.05 bits per heavy atom. The molecule has 5 heteroatoms. The zero-order valence-electron chi connectivity index (χ0n) is 11.5. The van der Waals surface area contributed by atoms with Crippen molar-refractivity contribution < 1.29 is 0 Å². The van der Waals surface area contributed by atoms with Crippen LogP contribution >= 0.6 is 23.2 Å². The first kappa shape index (κ1) is 16.5. The Kier molecular flexibility index (Phi) is 8.15. The van der Waals surface area contributed by atoms with Gasteiger partial charge in [-0.15, -0.1) is 0 Å². The van der Waals surface area contributed by atoms with E-state index >= 15 is 0 Å². The monoisotopic (exact) mass is 304 g/mol. The van der Waals surface area contributed by atoms with Crippen LogP contribution in [0.3, 0.4) is 0 Å². The fourth-order valence-corrected chi connectivity index (χ4v) is 2.27. The second-order valence-electron chi connectivity index (χ2n) is 4.81. The lowest BCUT2D eigenvalue weighted by atomic mass is 10.1. The average Bonchev–Trinajstić information content (AvgIpc) is 2.41. The summed E-state index contributed by atoms with van der Waals surface area (Å²) in [5.41, 5.74) is -0.294. The van der Waals surface area contributed by atoms with Crippen LogP contribution in [0.5, 0.6) is 0 Å². The van der Waals surface area contributed by atoms with Gasteiger partial charge in [-0.1, -0.05) is 75.1 Å². The predicted molar refractivity (Wildman–Crippen MR) is 81.1 cm³/mol. The molecule has 3 nitrogen and oxygen atoms in total. The molecule has 0 radical (unpaired) electrons. The molecule has 0 N–H and O–H groups in total. The smallest absolute Gasteiger partial charge is 0.266 e. The number of rotatable bonds is 9. The molecule has 1 aromatic heterocycles. The SMILES string of the molecule is CCCCCCCCCCn1ncc(Cl)c(Cl)c1=O. The lowest BCUT2D eigenvalue weighted by molar-refractivity contribution is 0.504. The van der Waals surface area contributed by atoms with Gasteiger partial charge in [-0.3, -0.25) is 4.79 Å². The van der Waals surface area contributed by atoms with Crippen molar-refractivity contribution in [1.82, 2.24) is 9.78 Å². The van der Waals surface area contributed by atoms with E-state index in [2.05, 4.69) is 12.0 Å². The molecule has 19 heavy (non-hydrogen) atoms. The Morgan fingerprint density at radius 2 is 1.63 bits per heavy atom. The minimum absolute atomic E-state index is 0.0660. The lowest BCUT2D eigenvalue weighted by Crippen LogP contribution is -2.23. The summed E-state index contributed by atoms with van der Waals surface area (Å²) in [7, 11) is 0. The summed E-state index contributed by atoms with van der Waals surface area (Å²) >= 11 is 11.5. The highest BCUT2D eigenvalue weighted by Crippen LogP contribution is 2.15. The third-order valence-corrected chi connectivity index (χ3v) is 3.91. The second-order valence-corrected chi connectivity index (χ2v) is 5.59. The van der Waals surface area contributed by atoms with Gasteiger partial charge in [-0.25, -0.2) is 4.68 Å². The van der Waals surface area contributed by atoms with E-state index in [-0.39, 0.29) is 15.6 Å². The normalized spacial score (nSPS) is 10.9. The largest absolute Gasteiger partial charge is 0.287 e. The standard InChI is InChI=1S/C14H22Cl2N2O/c1-2-3-4-5-6-7-8-9-10-18-14(19)13(16)12(15)11-17-18/h11H,2-10H2,1H3. The minimum atomic E-state index is -0.294. The van der Waals surface area contributed by atoms with Gasteiger partial charge in [0.25, 0.3) is 5.56 Å². The first-order valence-corrected chi connectivity index (χ1v) is 7.83. The quantitative estimate of drug-likeness (QED) is 0.620.